The fraction of sp³-hybridized carbons (Fsp3) is 0.730. The van der Waals surface area contributed by atoms with Crippen LogP contribution < -0.4 is 5.32 Å². The van der Waals surface area contributed by atoms with E-state index in [-0.39, 0.29) is 12.5 Å². The Morgan fingerprint density at radius 2 is 0.896 bits per heavy atom. The number of unbranched alkanes of at least 4 members (excludes halogenated alkanes) is 17. The van der Waals surface area contributed by atoms with Crippen molar-refractivity contribution >= 4 is 5.91 Å². The van der Waals surface area contributed by atoms with E-state index >= 15 is 0 Å². The molecular formula is C63H107NO13. The Morgan fingerprint density at radius 1 is 0.481 bits per heavy atom. The molecule has 0 radical (unpaired) electrons. The maximum Gasteiger partial charge on any atom is 0.220 e. The predicted molar refractivity (Wildman–Crippen MR) is 309 cm³/mol. The van der Waals surface area contributed by atoms with Crippen LogP contribution in [0.25, 0.3) is 0 Å². The standard InChI is InChI=1S/C63H107NO13/c1-3-5-7-9-10-11-12-13-14-15-16-17-18-19-20-21-22-23-24-25-26-27-28-29-30-31-32-33-34-35-36-37-38-39-40-41-42-43-45-47-55(68)64-51(52(67)46-44-8-6-4-2)50-74-62-60(73)58(71)61(54(49-66)76-62)77-63-59(72)57(70)56(69)53(48-65)75-63/h5,7,10-11,13-14,16-17,19-20,22-23,25-26,28-29,51-54,56-63,65-67,69-73H,3-4,6,8-9,12,15,18,21,24,27,30-50H2,1-2H3,(H,64,68)/b7-5-,11-10-,14-13-,17-16-,20-19-,23-22-,26-25-,29-28-. The molecule has 9 N–H and O–H groups in total. The van der Waals surface area contributed by atoms with Crippen LogP contribution in [0.2, 0.25) is 0 Å². The number of nitrogens with one attached hydrogen (secondary N) is 1. The highest BCUT2D eigenvalue weighted by Crippen LogP contribution is 2.30. The summed E-state index contributed by atoms with van der Waals surface area (Å²) in [6.45, 7) is 2.59. The van der Waals surface area contributed by atoms with Crippen LogP contribution >= 0.6 is 0 Å². The summed E-state index contributed by atoms with van der Waals surface area (Å²) in [5, 5.41) is 86.4. The van der Waals surface area contributed by atoms with Gasteiger partial charge >= 0.3 is 0 Å². The van der Waals surface area contributed by atoms with E-state index < -0.39 is 86.8 Å². The van der Waals surface area contributed by atoms with Crippen LogP contribution in [0.15, 0.2) is 97.2 Å². The molecule has 442 valence electrons. The van der Waals surface area contributed by atoms with Gasteiger partial charge in [-0.3, -0.25) is 4.79 Å². The third-order valence-corrected chi connectivity index (χ3v) is 14.1. The second-order valence-corrected chi connectivity index (χ2v) is 20.7. The molecule has 14 nitrogen and oxygen atoms in total. The zero-order chi connectivity index (χ0) is 56.0. The summed E-state index contributed by atoms with van der Waals surface area (Å²) in [6.07, 6.45) is 49.5. The first kappa shape index (κ1) is 70.0. The van der Waals surface area contributed by atoms with Crippen LogP contribution in [0.3, 0.4) is 0 Å². The fourth-order valence-corrected chi connectivity index (χ4v) is 9.25. The van der Waals surface area contributed by atoms with Gasteiger partial charge in [0.25, 0.3) is 0 Å². The lowest BCUT2D eigenvalue weighted by Gasteiger charge is -2.46. The largest absolute Gasteiger partial charge is 0.394 e. The third kappa shape index (κ3) is 33.3. The molecule has 2 rings (SSSR count). The SMILES string of the molecule is CC/C=C\C/C=C\C/C=C\C/C=C\C/C=C\C/C=C\C/C=C\C/C=C\CCCCCCCCCCCCCCCCC(=O)NC(COC1OC(CO)C(OC2OC(CO)C(O)C(O)C2O)C(O)C1O)C(O)CCCCCC. The van der Waals surface area contributed by atoms with E-state index in [0.29, 0.717) is 12.8 Å². The zero-order valence-corrected chi connectivity index (χ0v) is 47.4. The molecule has 2 heterocycles. The quantitative estimate of drug-likeness (QED) is 0.0205. The van der Waals surface area contributed by atoms with Gasteiger partial charge in [-0.05, 0) is 77.0 Å². The van der Waals surface area contributed by atoms with Crippen LogP contribution in [0, 0.1) is 0 Å². The van der Waals surface area contributed by atoms with E-state index in [1.165, 1.54) is 70.6 Å². The highest BCUT2D eigenvalue weighted by molar-refractivity contribution is 5.76. The van der Waals surface area contributed by atoms with E-state index in [4.69, 9.17) is 18.9 Å². The lowest BCUT2D eigenvalue weighted by Crippen LogP contribution is -2.65. The molecule has 2 saturated heterocycles. The molecule has 0 spiro atoms. The van der Waals surface area contributed by atoms with Gasteiger partial charge in [-0.25, -0.2) is 0 Å². The molecule has 12 atom stereocenters. The van der Waals surface area contributed by atoms with Crippen molar-refractivity contribution < 1.29 is 64.6 Å². The van der Waals surface area contributed by atoms with Crippen molar-refractivity contribution in [3.05, 3.63) is 97.2 Å². The molecule has 1 amide bonds. The minimum atomic E-state index is -1.78. The Bertz CT molecular complexity index is 1660. The average molecular weight is 1090 g/mol. The first-order chi connectivity index (χ1) is 37.6. The van der Waals surface area contributed by atoms with Crippen molar-refractivity contribution in [1.82, 2.24) is 5.32 Å². The lowest BCUT2D eigenvalue weighted by atomic mass is 9.97. The summed E-state index contributed by atoms with van der Waals surface area (Å²) in [6, 6.07) is -0.829. The van der Waals surface area contributed by atoms with Crippen molar-refractivity contribution in [2.75, 3.05) is 19.8 Å². The van der Waals surface area contributed by atoms with Gasteiger partial charge < -0.3 is 65.1 Å². The molecule has 0 aromatic heterocycles. The molecule has 2 fully saturated rings. The van der Waals surface area contributed by atoms with Crippen molar-refractivity contribution in [3.63, 3.8) is 0 Å². The molecule has 14 heteroatoms. The van der Waals surface area contributed by atoms with Crippen LogP contribution in [0.4, 0.5) is 0 Å². The van der Waals surface area contributed by atoms with E-state index in [9.17, 15) is 45.6 Å². The van der Waals surface area contributed by atoms with Gasteiger partial charge in [0.15, 0.2) is 12.6 Å². The van der Waals surface area contributed by atoms with E-state index in [0.717, 1.165) is 103 Å². The van der Waals surface area contributed by atoms with Crippen LogP contribution in [-0.4, -0.2) is 140 Å². The summed E-state index contributed by atoms with van der Waals surface area (Å²) in [4.78, 5) is 13.1. The summed E-state index contributed by atoms with van der Waals surface area (Å²) < 4.78 is 22.6. The predicted octanol–water partition coefficient (Wildman–Crippen LogP) is 10.3. The first-order valence-corrected chi connectivity index (χ1v) is 30.0. The number of carbonyl (C=O) groups is 1. The smallest absolute Gasteiger partial charge is 0.220 e. The minimum Gasteiger partial charge on any atom is -0.394 e. The molecule has 0 aromatic rings. The van der Waals surface area contributed by atoms with Crippen molar-refractivity contribution in [3.8, 4) is 0 Å². The summed E-state index contributed by atoms with van der Waals surface area (Å²) in [5.74, 6) is -0.221. The second-order valence-electron chi connectivity index (χ2n) is 20.7. The molecule has 77 heavy (non-hydrogen) atoms. The van der Waals surface area contributed by atoms with Crippen LogP contribution in [0.5, 0.6) is 0 Å². The third-order valence-electron chi connectivity index (χ3n) is 14.1. The number of rotatable bonds is 46. The second kappa shape index (κ2) is 47.7. The van der Waals surface area contributed by atoms with Crippen molar-refractivity contribution in [2.24, 2.45) is 0 Å². The van der Waals surface area contributed by atoms with Crippen molar-refractivity contribution in [2.45, 2.75) is 274 Å². The molecule has 0 aromatic carbocycles. The Hall–Kier alpha value is -3.09. The summed E-state index contributed by atoms with van der Waals surface area (Å²) >= 11 is 0. The molecule has 0 saturated carbocycles. The minimum absolute atomic E-state index is 0.221. The Balaban J connectivity index is 1.50. The number of hydrogen-bond acceptors (Lipinski definition) is 13. The number of carbonyl (C=O) groups excluding carboxylic acids is 1. The first-order valence-electron chi connectivity index (χ1n) is 30.0. The van der Waals surface area contributed by atoms with Gasteiger partial charge in [0.05, 0.1) is 32.0 Å². The topological polar surface area (TPSA) is 228 Å². The molecule has 12 unspecified atom stereocenters. The number of aliphatic hydroxyl groups excluding tert-OH is 8. The van der Waals surface area contributed by atoms with Gasteiger partial charge in [0, 0.05) is 6.42 Å². The molecule has 2 aliphatic heterocycles. The number of allylic oxidation sites excluding steroid dienone is 16. The van der Waals surface area contributed by atoms with Crippen molar-refractivity contribution in [1.29, 1.82) is 0 Å². The van der Waals surface area contributed by atoms with Crippen LogP contribution in [0.1, 0.15) is 200 Å². The lowest BCUT2D eigenvalue weighted by molar-refractivity contribution is -0.359. The zero-order valence-electron chi connectivity index (χ0n) is 47.4. The molecule has 2 aliphatic rings. The highest BCUT2D eigenvalue weighted by atomic mass is 16.7. The molecule has 0 aliphatic carbocycles. The van der Waals surface area contributed by atoms with Gasteiger partial charge in [0.2, 0.25) is 5.91 Å². The van der Waals surface area contributed by atoms with Gasteiger partial charge in [-0.15, -0.1) is 0 Å². The van der Waals surface area contributed by atoms with Gasteiger partial charge in [0.1, 0.15) is 48.8 Å². The van der Waals surface area contributed by atoms with E-state index in [1.54, 1.807) is 0 Å². The number of ether oxygens (including phenoxy) is 4. The molecule has 0 bridgehead atoms. The average Bonchev–Trinajstić information content (AvgIpc) is 3.43. The Labute approximate surface area is 464 Å². The van der Waals surface area contributed by atoms with Gasteiger partial charge in [-0.2, -0.15) is 0 Å². The summed E-state index contributed by atoms with van der Waals surface area (Å²) in [5.41, 5.74) is 0. The Kier molecular flexibility index (Phi) is 43.4. The normalized spacial score (nSPS) is 25.4. The number of amides is 1. The maximum absolute atomic E-state index is 13.1. The molecular weight excluding hydrogens is 979 g/mol. The van der Waals surface area contributed by atoms with Crippen LogP contribution in [-0.2, 0) is 23.7 Å². The highest BCUT2D eigenvalue weighted by Gasteiger charge is 2.51. The monoisotopic (exact) mass is 1090 g/mol. The maximum atomic E-state index is 13.1. The Morgan fingerprint density at radius 3 is 1.36 bits per heavy atom. The van der Waals surface area contributed by atoms with E-state index in [2.05, 4.69) is 116 Å². The summed E-state index contributed by atoms with van der Waals surface area (Å²) in [7, 11) is 0. The van der Waals surface area contributed by atoms with Gasteiger partial charge in [-0.1, -0.05) is 214 Å². The number of aliphatic hydroxyl groups is 8. The fourth-order valence-electron chi connectivity index (χ4n) is 9.25. The number of hydrogen-bond donors (Lipinski definition) is 9. The van der Waals surface area contributed by atoms with E-state index in [1.807, 2.05) is 0 Å².